The third-order valence-corrected chi connectivity index (χ3v) is 3.81. The minimum absolute atomic E-state index is 0.220. The van der Waals surface area contributed by atoms with Crippen LogP contribution in [0.25, 0.3) is 0 Å². The van der Waals surface area contributed by atoms with Gasteiger partial charge in [-0.25, -0.2) is 0 Å². The van der Waals surface area contributed by atoms with E-state index in [0.717, 1.165) is 25.1 Å². The van der Waals surface area contributed by atoms with Gasteiger partial charge in [0.05, 0.1) is 0 Å². The van der Waals surface area contributed by atoms with E-state index in [-0.39, 0.29) is 6.04 Å². The quantitative estimate of drug-likeness (QED) is 0.763. The molecule has 2 N–H and O–H groups in total. The second-order valence-corrected chi connectivity index (χ2v) is 5.90. The smallest absolute Gasteiger partial charge is 0.120 e. The van der Waals surface area contributed by atoms with Crippen LogP contribution < -0.4 is 5.32 Å². The Balaban J connectivity index is 2.56. The van der Waals surface area contributed by atoms with E-state index in [9.17, 15) is 5.11 Å². The number of rotatable bonds is 8. The Hall–Kier alpha value is -1.06. The molecule has 0 spiro atoms. The molecule has 20 heavy (non-hydrogen) atoms. The molecule has 0 radical (unpaired) electrons. The fourth-order valence-corrected chi connectivity index (χ4v) is 2.74. The fraction of sp³-hybridized carbons (Fsp3) is 0.647. The molecular formula is C17H30N2O. The number of phenolic OH excluding ortho intramolecular Hbond substituents is 1. The van der Waals surface area contributed by atoms with Gasteiger partial charge in [0.1, 0.15) is 5.75 Å². The summed E-state index contributed by atoms with van der Waals surface area (Å²) in [5.74, 6) is 0.386. The molecule has 0 saturated carbocycles. The predicted molar refractivity (Wildman–Crippen MR) is 86.1 cm³/mol. The van der Waals surface area contributed by atoms with Crippen molar-refractivity contribution >= 4 is 0 Å². The van der Waals surface area contributed by atoms with Crippen LogP contribution >= 0.6 is 0 Å². The molecule has 1 unspecified atom stereocenters. The van der Waals surface area contributed by atoms with Gasteiger partial charge in [-0.1, -0.05) is 25.1 Å². The van der Waals surface area contributed by atoms with Gasteiger partial charge in [-0.15, -0.1) is 0 Å². The highest BCUT2D eigenvalue weighted by molar-refractivity contribution is 5.34. The van der Waals surface area contributed by atoms with Crippen LogP contribution in [0.3, 0.4) is 0 Å². The third kappa shape index (κ3) is 4.80. The van der Waals surface area contributed by atoms with Crippen molar-refractivity contribution in [2.45, 2.75) is 59.2 Å². The topological polar surface area (TPSA) is 35.5 Å². The Morgan fingerprint density at radius 3 is 2.20 bits per heavy atom. The number of para-hydroxylation sites is 1. The van der Waals surface area contributed by atoms with Gasteiger partial charge in [-0.3, -0.25) is 4.90 Å². The molecule has 0 aliphatic heterocycles. The maximum atomic E-state index is 9.95. The summed E-state index contributed by atoms with van der Waals surface area (Å²) in [7, 11) is 0. The Morgan fingerprint density at radius 2 is 1.70 bits per heavy atom. The Morgan fingerprint density at radius 1 is 1.10 bits per heavy atom. The van der Waals surface area contributed by atoms with Crippen LogP contribution in [-0.2, 0) is 0 Å². The van der Waals surface area contributed by atoms with Crippen LogP contribution in [0.4, 0.5) is 0 Å². The summed E-state index contributed by atoms with van der Waals surface area (Å²) in [4.78, 5) is 2.48. The van der Waals surface area contributed by atoms with Crippen LogP contribution in [0.15, 0.2) is 24.3 Å². The van der Waals surface area contributed by atoms with Gasteiger partial charge >= 0.3 is 0 Å². The van der Waals surface area contributed by atoms with Crippen molar-refractivity contribution in [3.05, 3.63) is 29.8 Å². The number of hydrogen-bond acceptors (Lipinski definition) is 3. The molecule has 0 amide bonds. The SMILES string of the molecule is CCC(NCCN(C(C)C)C(C)C)c1ccccc1O. The summed E-state index contributed by atoms with van der Waals surface area (Å²) >= 11 is 0. The molecule has 1 aromatic carbocycles. The number of nitrogens with one attached hydrogen (secondary N) is 1. The van der Waals surface area contributed by atoms with Gasteiger partial charge < -0.3 is 10.4 Å². The summed E-state index contributed by atoms with van der Waals surface area (Å²) in [5, 5.41) is 13.5. The van der Waals surface area contributed by atoms with Crippen LogP contribution in [0.2, 0.25) is 0 Å². The summed E-state index contributed by atoms with van der Waals surface area (Å²) < 4.78 is 0. The van der Waals surface area contributed by atoms with Crippen molar-refractivity contribution < 1.29 is 5.11 Å². The van der Waals surface area contributed by atoms with Crippen molar-refractivity contribution in [2.24, 2.45) is 0 Å². The number of phenols is 1. The van der Waals surface area contributed by atoms with Gasteiger partial charge in [0.2, 0.25) is 0 Å². The van der Waals surface area contributed by atoms with Crippen molar-refractivity contribution in [1.82, 2.24) is 10.2 Å². The number of hydrogen-bond donors (Lipinski definition) is 2. The molecule has 0 bridgehead atoms. The first kappa shape index (κ1) is 17.0. The van der Waals surface area contributed by atoms with E-state index in [0.29, 0.717) is 17.8 Å². The maximum absolute atomic E-state index is 9.95. The molecule has 0 aliphatic carbocycles. The molecule has 0 aliphatic rings. The van der Waals surface area contributed by atoms with Crippen LogP contribution in [0.5, 0.6) is 5.75 Å². The van der Waals surface area contributed by atoms with E-state index in [4.69, 9.17) is 0 Å². The van der Waals surface area contributed by atoms with E-state index in [1.54, 1.807) is 6.07 Å². The molecular weight excluding hydrogens is 248 g/mol. The number of nitrogens with zero attached hydrogens (tertiary/aromatic N) is 1. The monoisotopic (exact) mass is 278 g/mol. The van der Waals surface area contributed by atoms with E-state index in [1.165, 1.54) is 0 Å². The largest absolute Gasteiger partial charge is 0.508 e. The van der Waals surface area contributed by atoms with Gasteiger partial charge in [0.15, 0.2) is 0 Å². The van der Waals surface area contributed by atoms with Gasteiger partial charge in [0, 0.05) is 36.8 Å². The van der Waals surface area contributed by atoms with Crippen molar-refractivity contribution in [1.29, 1.82) is 0 Å². The molecule has 0 aromatic heterocycles. The molecule has 1 aromatic rings. The Kier molecular flexibility index (Phi) is 7.03. The molecule has 0 fully saturated rings. The number of benzene rings is 1. The zero-order valence-electron chi connectivity index (χ0n) is 13.6. The van der Waals surface area contributed by atoms with Crippen LogP contribution in [0.1, 0.15) is 52.6 Å². The minimum atomic E-state index is 0.220. The summed E-state index contributed by atoms with van der Waals surface area (Å²) in [5.41, 5.74) is 0.996. The average Bonchev–Trinajstić information content (AvgIpc) is 2.39. The highest BCUT2D eigenvalue weighted by atomic mass is 16.3. The standard InChI is InChI=1S/C17H30N2O/c1-6-16(15-9-7-8-10-17(15)20)18-11-12-19(13(2)3)14(4)5/h7-10,13-14,16,18,20H,6,11-12H2,1-5H3. The normalized spacial score (nSPS) is 13.4. The lowest BCUT2D eigenvalue weighted by Gasteiger charge is -2.31. The molecule has 114 valence electrons. The zero-order valence-corrected chi connectivity index (χ0v) is 13.6. The number of aromatic hydroxyl groups is 1. The Bertz CT molecular complexity index is 382. The second-order valence-electron chi connectivity index (χ2n) is 5.90. The predicted octanol–water partition coefficient (Wildman–Crippen LogP) is 3.55. The van der Waals surface area contributed by atoms with Gasteiger partial charge in [0.25, 0.3) is 0 Å². The molecule has 1 atom stereocenters. The van der Waals surface area contributed by atoms with E-state index < -0.39 is 0 Å². The molecule has 1 rings (SSSR count). The zero-order chi connectivity index (χ0) is 15.1. The maximum Gasteiger partial charge on any atom is 0.120 e. The van der Waals surface area contributed by atoms with Crippen molar-refractivity contribution in [3.63, 3.8) is 0 Å². The first-order chi connectivity index (χ1) is 9.47. The summed E-state index contributed by atoms with van der Waals surface area (Å²) in [6.45, 7) is 13.1. The van der Waals surface area contributed by atoms with Gasteiger partial charge in [-0.2, -0.15) is 0 Å². The van der Waals surface area contributed by atoms with Crippen LogP contribution in [-0.4, -0.2) is 35.2 Å². The van der Waals surface area contributed by atoms with Crippen LogP contribution in [0, 0.1) is 0 Å². The highest BCUT2D eigenvalue weighted by Crippen LogP contribution is 2.25. The summed E-state index contributed by atoms with van der Waals surface area (Å²) in [6.07, 6.45) is 0.973. The average molecular weight is 278 g/mol. The Labute approximate surface area is 124 Å². The van der Waals surface area contributed by atoms with E-state index in [1.807, 2.05) is 18.2 Å². The first-order valence-electron chi connectivity index (χ1n) is 7.74. The van der Waals surface area contributed by atoms with Crippen molar-refractivity contribution in [3.8, 4) is 5.75 Å². The summed E-state index contributed by atoms with van der Waals surface area (Å²) in [6, 6.07) is 8.94. The molecule has 0 heterocycles. The van der Waals surface area contributed by atoms with Gasteiger partial charge in [-0.05, 0) is 40.2 Å². The molecule has 0 saturated heterocycles. The second kappa shape index (κ2) is 8.28. The lowest BCUT2D eigenvalue weighted by molar-refractivity contribution is 0.173. The van der Waals surface area contributed by atoms with Crippen molar-refractivity contribution in [2.75, 3.05) is 13.1 Å². The molecule has 3 nitrogen and oxygen atoms in total. The molecule has 3 heteroatoms. The lowest BCUT2D eigenvalue weighted by Crippen LogP contribution is -2.42. The lowest BCUT2D eigenvalue weighted by atomic mass is 10.0. The fourth-order valence-electron chi connectivity index (χ4n) is 2.74. The van der Waals surface area contributed by atoms with E-state index in [2.05, 4.69) is 44.8 Å². The highest BCUT2D eigenvalue weighted by Gasteiger charge is 2.15. The first-order valence-corrected chi connectivity index (χ1v) is 7.74. The van der Waals surface area contributed by atoms with E-state index >= 15 is 0 Å². The minimum Gasteiger partial charge on any atom is -0.508 e. The third-order valence-electron chi connectivity index (χ3n) is 3.81.